The van der Waals surface area contributed by atoms with Crippen LogP contribution >= 0.6 is 0 Å². The predicted molar refractivity (Wildman–Crippen MR) is 98.6 cm³/mol. The Bertz CT molecular complexity index is 683. The van der Waals surface area contributed by atoms with E-state index < -0.39 is 0 Å². The Morgan fingerprint density at radius 1 is 1.12 bits per heavy atom. The van der Waals surface area contributed by atoms with Crippen molar-refractivity contribution in [3.63, 3.8) is 0 Å². The molecule has 5 heteroatoms. The third kappa shape index (κ3) is 4.23. The molecule has 0 saturated heterocycles. The lowest BCUT2D eigenvalue weighted by atomic mass is 9.92. The Balaban J connectivity index is 2.36. The van der Waals surface area contributed by atoms with E-state index >= 15 is 0 Å². The summed E-state index contributed by atoms with van der Waals surface area (Å²) >= 11 is 0. The monoisotopic (exact) mass is 328 g/mol. The van der Waals surface area contributed by atoms with Gasteiger partial charge in [0.1, 0.15) is 5.69 Å². The highest BCUT2D eigenvalue weighted by atomic mass is 16.2. The first-order valence-corrected chi connectivity index (χ1v) is 8.26. The van der Waals surface area contributed by atoms with Gasteiger partial charge in [0.05, 0.1) is 5.69 Å². The van der Waals surface area contributed by atoms with E-state index in [0.717, 1.165) is 17.9 Å². The molecule has 0 spiro atoms. The Morgan fingerprint density at radius 3 is 2.25 bits per heavy atom. The van der Waals surface area contributed by atoms with Gasteiger partial charge in [0.25, 0.3) is 5.91 Å². The van der Waals surface area contributed by atoms with Gasteiger partial charge in [0, 0.05) is 31.2 Å². The van der Waals surface area contributed by atoms with Gasteiger partial charge in [-0.2, -0.15) is 5.10 Å². The number of carbonyl (C=O) groups excluding carboxylic acids is 1. The molecule has 24 heavy (non-hydrogen) atoms. The first kappa shape index (κ1) is 18.2. The van der Waals surface area contributed by atoms with Crippen molar-refractivity contribution in [2.75, 3.05) is 32.1 Å². The molecule has 0 saturated carbocycles. The molecule has 1 aromatic heterocycles. The van der Waals surface area contributed by atoms with E-state index in [1.54, 1.807) is 4.68 Å². The highest BCUT2D eigenvalue weighted by Crippen LogP contribution is 2.23. The average molecular weight is 328 g/mol. The molecular weight excluding hydrogens is 300 g/mol. The van der Waals surface area contributed by atoms with Gasteiger partial charge < -0.3 is 9.80 Å². The first-order chi connectivity index (χ1) is 11.2. The van der Waals surface area contributed by atoms with Gasteiger partial charge in [-0.25, -0.2) is 0 Å². The molecule has 1 heterocycles. The Kier molecular flexibility index (Phi) is 5.44. The summed E-state index contributed by atoms with van der Waals surface area (Å²) in [5.74, 6) is -0.0199. The van der Waals surface area contributed by atoms with Crippen LogP contribution in [0, 0.1) is 0 Å². The number of amides is 1. The molecule has 0 N–H and O–H groups in total. The molecule has 0 bridgehead atoms. The third-order valence-corrected chi connectivity index (χ3v) is 3.95. The zero-order chi connectivity index (χ0) is 17.9. The van der Waals surface area contributed by atoms with Gasteiger partial charge in [-0.05, 0) is 32.3 Å². The number of nitrogens with zero attached hydrogens (tertiary/aromatic N) is 4. The van der Waals surface area contributed by atoms with Crippen LogP contribution in [0.3, 0.4) is 0 Å². The van der Waals surface area contributed by atoms with Crippen molar-refractivity contribution >= 4 is 11.6 Å². The van der Waals surface area contributed by atoms with Crippen molar-refractivity contribution in [1.82, 2.24) is 14.7 Å². The van der Waals surface area contributed by atoms with Crippen molar-refractivity contribution in [3.8, 4) is 0 Å². The fourth-order valence-electron chi connectivity index (χ4n) is 2.43. The van der Waals surface area contributed by atoms with Crippen molar-refractivity contribution in [3.05, 3.63) is 47.8 Å². The number of likely N-dealkylation sites (N-methyl/N-ethyl adjacent to an activating group) is 1. The lowest BCUT2D eigenvalue weighted by molar-refractivity contribution is 0.0976. The van der Waals surface area contributed by atoms with Gasteiger partial charge in [-0.15, -0.1) is 0 Å². The van der Waals surface area contributed by atoms with Crippen LogP contribution in [0.5, 0.6) is 0 Å². The third-order valence-electron chi connectivity index (χ3n) is 3.95. The maximum atomic E-state index is 13.2. The number of benzene rings is 1. The Hall–Kier alpha value is -2.14. The second-order valence-electron chi connectivity index (χ2n) is 7.38. The number of rotatable bonds is 5. The van der Waals surface area contributed by atoms with Crippen LogP contribution in [0.1, 0.15) is 37.0 Å². The molecule has 0 aliphatic carbocycles. The molecule has 0 aliphatic rings. The summed E-state index contributed by atoms with van der Waals surface area (Å²) < 4.78 is 1.69. The highest BCUT2D eigenvalue weighted by molar-refractivity contribution is 6.05. The van der Waals surface area contributed by atoms with Crippen LogP contribution in [0.15, 0.2) is 36.4 Å². The minimum Gasteiger partial charge on any atom is -0.308 e. The molecule has 0 atom stereocenters. The maximum Gasteiger partial charge on any atom is 0.276 e. The summed E-state index contributed by atoms with van der Waals surface area (Å²) in [6, 6.07) is 11.7. The van der Waals surface area contributed by atoms with E-state index in [9.17, 15) is 4.79 Å². The topological polar surface area (TPSA) is 41.4 Å². The number of para-hydroxylation sites is 1. The van der Waals surface area contributed by atoms with Crippen LogP contribution in [0.2, 0.25) is 0 Å². The summed E-state index contributed by atoms with van der Waals surface area (Å²) in [4.78, 5) is 17.1. The van der Waals surface area contributed by atoms with Crippen LogP contribution in [-0.4, -0.2) is 47.8 Å². The quantitative estimate of drug-likeness (QED) is 0.847. The summed E-state index contributed by atoms with van der Waals surface area (Å²) in [7, 11) is 5.85. The second-order valence-corrected chi connectivity index (χ2v) is 7.38. The van der Waals surface area contributed by atoms with Crippen LogP contribution in [-0.2, 0) is 12.5 Å². The summed E-state index contributed by atoms with van der Waals surface area (Å²) in [5, 5.41) is 4.53. The number of hydrogen-bond acceptors (Lipinski definition) is 3. The van der Waals surface area contributed by atoms with E-state index in [0.29, 0.717) is 12.2 Å². The largest absolute Gasteiger partial charge is 0.308 e. The highest BCUT2D eigenvalue weighted by Gasteiger charge is 2.25. The van der Waals surface area contributed by atoms with Crippen LogP contribution < -0.4 is 4.90 Å². The van der Waals surface area contributed by atoms with Gasteiger partial charge in [0.2, 0.25) is 0 Å². The van der Waals surface area contributed by atoms with E-state index in [1.165, 1.54) is 0 Å². The second kappa shape index (κ2) is 7.18. The first-order valence-electron chi connectivity index (χ1n) is 8.26. The van der Waals surface area contributed by atoms with Crippen LogP contribution in [0.25, 0.3) is 0 Å². The lowest BCUT2D eigenvalue weighted by Gasteiger charge is -2.24. The molecule has 1 amide bonds. The average Bonchev–Trinajstić information content (AvgIpc) is 2.90. The van der Waals surface area contributed by atoms with Gasteiger partial charge in [-0.3, -0.25) is 9.48 Å². The SMILES string of the molecule is CN(C)CCN(C(=O)c1cc(C(C)(C)C)nn1C)c1ccccc1. The molecule has 0 radical (unpaired) electrons. The summed E-state index contributed by atoms with van der Waals surface area (Å²) in [5.41, 5.74) is 2.36. The summed E-state index contributed by atoms with van der Waals surface area (Å²) in [6.45, 7) is 7.73. The molecule has 0 unspecified atom stereocenters. The summed E-state index contributed by atoms with van der Waals surface area (Å²) in [6.07, 6.45) is 0. The molecule has 0 fully saturated rings. The molecule has 2 aromatic rings. The molecule has 130 valence electrons. The normalized spacial score (nSPS) is 11.8. The Labute approximate surface area is 144 Å². The minimum absolute atomic E-state index is 0.0199. The smallest absolute Gasteiger partial charge is 0.276 e. The number of hydrogen-bond donors (Lipinski definition) is 0. The fourth-order valence-corrected chi connectivity index (χ4v) is 2.43. The standard InChI is InChI=1S/C19H28N4O/c1-19(2,3)17-14-16(22(6)20-17)18(24)23(13-12-21(4)5)15-10-8-7-9-11-15/h7-11,14H,12-13H2,1-6H3. The van der Waals surface area contributed by atoms with E-state index in [4.69, 9.17) is 0 Å². The zero-order valence-electron chi connectivity index (χ0n) is 15.6. The van der Waals surface area contributed by atoms with Crippen molar-refractivity contribution in [2.45, 2.75) is 26.2 Å². The molecule has 5 nitrogen and oxygen atoms in total. The van der Waals surface area contributed by atoms with E-state index in [-0.39, 0.29) is 11.3 Å². The number of anilines is 1. The Morgan fingerprint density at radius 2 is 1.75 bits per heavy atom. The number of aromatic nitrogens is 2. The van der Waals surface area contributed by atoms with Crippen molar-refractivity contribution < 1.29 is 4.79 Å². The van der Waals surface area contributed by atoms with E-state index in [2.05, 4.69) is 30.8 Å². The van der Waals surface area contributed by atoms with E-state index in [1.807, 2.05) is 62.4 Å². The minimum atomic E-state index is -0.0858. The van der Waals surface area contributed by atoms with Gasteiger partial charge in [-0.1, -0.05) is 39.0 Å². The van der Waals surface area contributed by atoms with Gasteiger partial charge >= 0.3 is 0 Å². The molecule has 1 aromatic carbocycles. The molecule has 0 aliphatic heterocycles. The van der Waals surface area contributed by atoms with Gasteiger partial charge in [0.15, 0.2) is 0 Å². The van der Waals surface area contributed by atoms with Crippen molar-refractivity contribution in [1.29, 1.82) is 0 Å². The lowest BCUT2D eigenvalue weighted by Crippen LogP contribution is -2.37. The number of carbonyl (C=O) groups is 1. The van der Waals surface area contributed by atoms with Crippen molar-refractivity contribution in [2.24, 2.45) is 7.05 Å². The molecule has 2 rings (SSSR count). The zero-order valence-corrected chi connectivity index (χ0v) is 15.6. The molecular formula is C19H28N4O. The maximum absolute atomic E-state index is 13.2. The van der Waals surface area contributed by atoms with Crippen LogP contribution in [0.4, 0.5) is 5.69 Å². The predicted octanol–water partition coefficient (Wildman–Crippen LogP) is 2.93. The fraction of sp³-hybridized carbons (Fsp3) is 0.474. The number of aryl methyl sites for hydroxylation is 1.